The number of hydrogen-bond donors (Lipinski definition) is 1. The molecule has 1 heterocycles. The Bertz CT molecular complexity index is 934. The van der Waals surface area contributed by atoms with Gasteiger partial charge in [0.1, 0.15) is 5.75 Å². The lowest BCUT2D eigenvalue weighted by Gasteiger charge is -2.07. The summed E-state index contributed by atoms with van der Waals surface area (Å²) in [5, 5.41) is 4.07. The third-order valence-corrected chi connectivity index (χ3v) is 4.24. The average molecular weight is 412 g/mol. The normalized spacial score (nSPS) is 10.8. The monoisotopic (exact) mass is 411 g/mol. The van der Waals surface area contributed by atoms with Gasteiger partial charge in [0.05, 0.1) is 25.4 Å². The van der Waals surface area contributed by atoms with E-state index in [2.05, 4.69) is 26.5 Å². The minimum Gasteiger partial charge on any atom is -0.497 e. The number of nitrogens with one attached hydrogen (secondary N) is 1. The molecule has 0 radical (unpaired) electrons. The van der Waals surface area contributed by atoms with Crippen LogP contribution in [0.25, 0.3) is 5.69 Å². The standard InChI is InChI=1S/C20H18BrN3O2/c1-26-19-9-2-5-15(11-19)12-20(25)23-22-14-18-8-4-10-24(18)17-7-3-6-16(21)13-17/h2-11,13-14H,12H2,1H3,(H,23,25)/b22-14+. The highest BCUT2D eigenvalue weighted by atomic mass is 79.9. The number of hydrazone groups is 1. The molecule has 0 aliphatic carbocycles. The number of amides is 1. The summed E-state index contributed by atoms with van der Waals surface area (Å²) < 4.78 is 8.15. The first-order chi connectivity index (χ1) is 12.7. The second-order valence-electron chi connectivity index (χ2n) is 5.60. The molecule has 0 aliphatic rings. The van der Waals surface area contributed by atoms with Crippen LogP contribution < -0.4 is 10.2 Å². The van der Waals surface area contributed by atoms with Gasteiger partial charge in [-0.25, -0.2) is 5.43 Å². The zero-order chi connectivity index (χ0) is 18.4. The van der Waals surface area contributed by atoms with Crippen LogP contribution in [0.15, 0.2) is 76.4 Å². The summed E-state index contributed by atoms with van der Waals surface area (Å²) in [6, 6.07) is 19.2. The SMILES string of the molecule is COc1cccc(CC(=O)N/N=C/c2cccn2-c2cccc(Br)c2)c1. The molecular formula is C20H18BrN3O2. The van der Waals surface area contributed by atoms with Gasteiger partial charge < -0.3 is 9.30 Å². The van der Waals surface area contributed by atoms with Crippen LogP contribution >= 0.6 is 15.9 Å². The van der Waals surface area contributed by atoms with Crippen LogP contribution in [0.3, 0.4) is 0 Å². The van der Waals surface area contributed by atoms with Crippen LogP contribution in [0.4, 0.5) is 0 Å². The fourth-order valence-corrected chi connectivity index (χ4v) is 2.93. The van der Waals surface area contributed by atoms with Gasteiger partial charge in [0, 0.05) is 16.4 Å². The van der Waals surface area contributed by atoms with E-state index in [1.54, 1.807) is 13.3 Å². The molecule has 3 aromatic rings. The Morgan fingerprint density at radius 3 is 2.85 bits per heavy atom. The summed E-state index contributed by atoms with van der Waals surface area (Å²) in [4.78, 5) is 12.1. The fourth-order valence-electron chi connectivity index (χ4n) is 2.54. The smallest absolute Gasteiger partial charge is 0.244 e. The van der Waals surface area contributed by atoms with Gasteiger partial charge in [-0.05, 0) is 48.0 Å². The van der Waals surface area contributed by atoms with Gasteiger partial charge in [-0.1, -0.05) is 34.1 Å². The lowest BCUT2D eigenvalue weighted by molar-refractivity contribution is -0.120. The van der Waals surface area contributed by atoms with Gasteiger partial charge >= 0.3 is 0 Å². The van der Waals surface area contributed by atoms with E-state index in [0.717, 1.165) is 27.2 Å². The summed E-state index contributed by atoms with van der Waals surface area (Å²) in [6.07, 6.45) is 3.81. The maximum absolute atomic E-state index is 12.1. The molecule has 132 valence electrons. The van der Waals surface area contributed by atoms with E-state index in [0.29, 0.717) is 0 Å². The lowest BCUT2D eigenvalue weighted by atomic mass is 10.1. The van der Waals surface area contributed by atoms with Crippen molar-refractivity contribution in [2.75, 3.05) is 7.11 Å². The van der Waals surface area contributed by atoms with Crippen molar-refractivity contribution in [3.05, 3.63) is 82.6 Å². The largest absolute Gasteiger partial charge is 0.497 e. The van der Waals surface area contributed by atoms with E-state index in [9.17, 15) is 4.79 Å². The van der Waals surface area contributed by atoms with Crippen molar-refractivity contribution in [3.8, 4) is 11.4 Å². The highest BCUT2D eigenvalue weighted by molar-refractivity contribution is 9.10. The number of benzene rings is 2. The molecule has 6 heteroatoms. The molecule has 1 amide bonds. The number of halogens is 1. The minimum atomic E-state index is -0.185. The molecule has 0 saturated carbocycles. The molecule has 2 aromatic carbocycles. The van der Waals surface area contributed by atoms with Crippen LogP contribution in [0.5, 0.6) is 5.75 Å². The van der Waals surface area contributed by atoms with Gasteiger partial charge in [-0.3, -0.25) is 4.79 Å². The summed E-state index contributed by atoms with van der Waals surface area (Å²) in [6.45, 7) is 0. The van der Waals surface area contributed by atoms with Crippen molar-refractivity contribution in [1.82, 2.24) is 9.99 Å². The number of nitrogens with zero attached hydrogens (tertiary/aromatic N) is 2. The molecule has 3 rings (SSSR count). The van der Waals surface area contributed by atoms with E-state index >= 15 is 0 Å². The number of carbonyl (C=O) groups is 1. The highest BCUT2D eigenvalue weighted by Gasteiger charge is 2.04. The minimum absolute atomic E-state index is 0.185. The Hall–Kier alpha value is -2.86. The van der Waals surface area contributed by atoms with E-state index < -0.39 is 0 Å². The third kappa shape index (κ3) is 4.61. The fraction of sp³-hybridized carbons (Fsp3) is 0.100. The molecule has 0 fully saturated rings. The summed E-state index contributed by atoms with van der Waals surface area (Å²) >= 11 is 3.47. The molecule has 0 saturated heterocycles. The molecule has 0 spiro atoms. The maximum Gasteiger partial charge on any atom is 0.244 e. The number of aromatic nitrogens is 1. The number of carbonyl (C=O) groups excluding carboxylic acids is 1. The molecule has 26 heavy (non-hydrogen) atoms. The first-order valence-electron chi connectivity index (χ1n) is 8.04. The van der Waals surface area contributed by atoms with Gasteiger partial charge in [-0.15, -0.1) is 0 Å². The molecule has 0 unspecified atom stereocenters. The third-order valence-electron chi connectivity index (χ3n) is 3.75. The molecule has 0 bridgehead atoms. The Labute approximate surface area is 160 Å². The zero-order valence-corrected chi connectivity index (χ0v) is 15.8. The predicted molar refractivity (Wildman–Crippen MR) is 106 cm³/mol. The molecule has 5 nitrogen and oxygen atoms in total. The van der Waals surface area contributed by atoms with Crippen molar-refractivity contribution in [2.45, 2.75) is 6.42 Å². The van der Waals surface area contributed by atoms with Gasteiger partial charge in [0.2, 0.25) is 5.91 Å². The van der Waals surface area contributed by atoms with Crippen molar-refractivity contribution >= 4 is 28.1 Å². The van der Waals surface area contributed by atoms with Crippen molar-refractivity contribution in [1.29, 1.82) is 0 Å². The Balaban J connectivity index is 1.64. The molecule has 1 aromatic heterocycles. The molecular weight excluding hydrogens is 394 g/mol. The lowest BCUT2D eigenvalue weighted by Crippen LogP contribution is -2.20. The van der Waals surface area contributed by atoms with Gasteiger partial charge in [0.25, 0.3) is 0 Å². The molecule has 1 N–H and O–H groups in total. The Morgan fingerprint density at radius 2 is 2.04 bits per heavy atom. The Kier molecular flexibility index (Phi) is 5.86. The van der Waals surface area contributed by atoms with Gasteiger partial charge in [-0.2, -0.15) is 5.10 Å². The second-order valence-corrected chi connectivity index (χ2v) is 6.52. The van der Waals surface area contributed by atoms with Crippen molar-refractivity contribution in [3.63, 3.8) is 0 Å². The quantitative estimate of drug-likeness (QED) is 0.493. The van der Waals surface area contributed by atoms with Crippen molar-refractivity contribution < 1.29 is 9.53 Å². The number of methoxy groups -OCH3 is 1. The van der Waals surface area contributed by atoms with E-state index in [1.807, 2.05) is 71.4 Å². The molecule has 0 aliphatic heterocycles. The predicted octanol–water partition coefficient (Wildman–Crippen LogP) is 3.94. The van der Waals surface area contributed by atoms with Crippen molar-refractivity contribution in [2.24, 2.45) is 5.10 Å². The highest BCUT2D eigenvalue weighted by Crippen LogP contribution is 2.17. The summed E-state index contributed by atoms with van der Waals surface area (Å²) in [5.74, 6) is 0.542. The zero-order valence-electron chi connectivity index (χ0n) is 14.2. The first-order valence-corrected chi connectivity index (χ1v) is 8.83. The van der Waals surface area contributed by atoms with E-state index in [4.69, 9.17) is 4.74 Å². The van der Waals surface area contributed by atoms with E-state index in [1.165, 1.54) is 0 Å². The average Bonchev–Trinajstić information content (AvgIpc) is 3.10. The Morgan fingerprint density at radius 1 is 1.19 bits per heavy atom. The summed E-state index contributed by atoms with van der Waals surface area (Å²) in [7, 11) is 1.60. The topological polar surface area (TPSA) is 55.6 Å². The number of hydrogen-bond acceptors (Lipinski definition) is 3. The second kappa shape index (κ2) is 8.49. The van der Waals surface area contributed by atoms with Crippen LogP contribution in [0, 0.1) is 0 Å². The van der Waals surface area contributed by atoms with E-state index in [-0.39, 0.29) is 12.3 Å². The van der Waals surface area contributed by atoms with Crippen LogP contribution in [0.2, 0.25) is 0 Å². The van der Waals surface area contributed by atoms with Crippen LogP contribution in [-0.2, 0) is 11.2 Å². The summed E-state index contributed by atoms with van der Waals surface area (Å²) in [5.41, 5.74) is 5.31. The maximum atomic E-state index is 12.1. The number of rotatable bonds is 6. The first kappa shape index (κ1) is 17.9. The number of ether oxygens (including phenoxy) is 1. The van der Waals surface area contributed by atoms with Crippen LogP contribution in [0.1, 0.15) is 11.3 Å². The van der Waals surface area contributed by atoms with Crippen LogP contribution in [-0.4, -0.2) is 23.8 Å². The van der Waals surface area contributed by atoms with Gasteiger partial charge in [0.15, 0.2) is 0 Å². The molecule has 0 atom stereocenters.